The van der Waals surface area contributed by atoms with E-state index >= 15 is 0 Å². The average molecular weight is 490 g/mol. The summed E-state index contributed by atoms with van der Waals surface area (Å²) in [5.41, 5.74) is 19.4. The normalized spacial score (nSPS) is 12.8. The van der Waals surface area contributed by atoms with Crippen LogP contribution in [-0.4, -0.2) is 0 Å². The van der Waals surface area contributed by atoms with E-state index in [1.165, 1.54) is 22.3 Å². The van der Waals surface area contributed by atoms with E-state index in [0.717, 1.165) is 11.1 Å². The van der Waals surface area contributed by atoms with Gasteiger partial charge in [0.15, 0.2) is 0 Å². The third kappa shape index (κ3) is 3.35. The zero-order chi connectivity index (χ0) is 20.2. The Morgan fingerprint density at radius 1 is 0.548 bits per heavy atom. The highest BCUT2D eigenvalue weighted by atomic mass is 35.5. The highest BCUT2D eigenvalue weighted by molar-refractivity contribution is 6.33. The summed E-state index contributed by atoms with van der Waals surface area (Å²) in [6.07, 6.45) is 0. The van der Waals surface area contributed by atoms with Crippen molar-refractivity contribution in [1.29, 1.82) is 0 Å². The monoisotopic (exact) mass is 488 g/mol. The maximum Gasteiger partial charge on any atom is 0.0714 e. The molecule has 5 rings (SSSR count). The van der Waals surface area contributed by atoms with Crippen LogP contribution in [0.25, 0.3) is 11.1 Å². The molecule has 31 heavy (non-hydrogen) atoms. The zero-order valence-electron chi connectivity index (χ0n) is 16.3. The maximum absolute atomic E-state index is 6.48. The molecule has 1 aliphatic rings. The van der Waals surface area contributed by atoms with Crippen molar-refractivity contribution in [1.82, 2.24) is 0 Å². The molecule has 4 aromatic carbocycles. The Hall–Kier alpha value is -2.36. The zero-order valence-corrected chi connectivity index (χ0v) is 19.5. The number of hydrogen-bond acceptors (Lipinski definition) is 2. The molecule has 4 N–H and O–H groups in total. The molecule has 0 amide bonds. The van der Waals surface area contributed by atoms with Gasteiger partial charge < -0.3 is 11.5 Å². The van der Waals surface area contributed by atoms with Gasteiger partial charge in [-0.05, 0) is 57.6 Å². The summed E-state index contributed by atoms with van der Waals surface area (Å²) in [6, 6.07) is 28.7. The molecule has 1 aliphatic carbocycles. The van der Waals surface area contributed by atoms with Gasteiger partial charge in [0.1, 0.15) is 0 Å². The van der Waals surface area contributed by atoms with Crippen LogP contribution in [0.15, 0.2) is 84.9 Å². The van der Waals surface area contributed by atoms with Crippen molar-refractivity contribution in [3.63, 3.8) is 0 Å². The van der Waals surface area contributed by atoms with Crippen molar-refractivity contribution in [2.75, 3.05) is 11.5 Å². The molecule has 0 atom stereocenters. The second-order valence-corrected chi connectivity index (χ2v) is 8.13. The first-order valence-electron chi connectivity index (χ1n) is 9.34. The first-order chi connectivity index (χ1) is 14.0. The van der Waals surface area contributed by atoms with Crippen molar-refractivity contribution in [2.45, 2.75) is 5.41 Å². The highest BCUT2D eigenvalue weighted by Gasteiger charge is 2.46. The molecule has 6 heteroatoms. The lowest BCUT2D eigenvalue weighted by molar-refractivity contribution is 0.769. The number of nitrogens with two attached hydrogens (primary N) is 2. The molecule has 0 unspecified atom stereocenters. The lowest BCUT2D eigenvalue weighted by atomic mass is 9.67. The number of nitrogen functional groups attached to an aromatic ring is 2. The van der Waals surface area contributed by atoms with Gasteiger partial charge in [0, 0.05) is 0 Å². The second-order valence-electron chi connectivity index (χ2n) is 7.31. The summed E-state index contributed by atoms with van der Waals surface area (Å²) in [6.45, 7) is 0. The largest absolute Gasteiger partial charge is 0.398 e. The van der Waals surface area contributed by atoms with Crippen LogP contribution in [0.4, 0.5) is 11.4 Å². The Labute approximate surface area is 204 Å². The van der Waals surface area contributed by atoms with E-state index in [2.05, 4.69) is 48.5 Å². The third-order valence-corrected chi connectivity index (χ3v) is 6.47. The summed E-state index contributed by atoms with van der Waals surface area (Å²) in [5, 5.41) is 1.07. The van der Waals surface area contributed by atoms with Crippen LogP contribution >= 0.6 is 48.0 Å². The molecule has 0 radical (unpaired) electrons. The van der Waals surface area contributed by atoms with Gasteiger partial charge in [-0.1, -0.05) is 83.9 Å². The standard InChI is InChI=1S/C25H18Cl2N2.2ClH/c26-21-13-15(9-11-23(21)28)25(16-10-12-24(29)22(27)14-16)19-7-3-1-5-17(19)18-6-2-4-8-20(18)25;;/h1-14H,28-29H2;2*1H. The maximum atomic E-state index is 6.48. The highest BCUT2D eigenvalue weighted by Crippen LogP contribution is 2.56. The Balaban J connectivity index is 0.00000136. The lowest BCUT2D eigenvalue weighted by Gasteiger charge is -2.34. The van der Waals surface area contributed by atoms with Gasteiger partial charge in [-0.15, -0.1) is 24.8 Å². The molecule has 0 spiro atoms. The smallest absolute Gasteiger partial charge is 0.0714 e. The van der Waals surface area contributed by atoms with Crippen LogP contribution in [0.5, 0.6) is 0 Å². The molecule has 0 aromatic heterocycles. The SMILES string of the molecule is Cl.Cl.Nc1ccc(C2(c3ccc(N)c(Cl)c3)c3ccccc3-c3ccccc32)cc1Cl. The first-order valence-corrected chi connectivity index (χ1v) is 10.1. The van der Waals surface area contributed by atoms with Crippen molar-refractivity contribution in [2.24, 2.45) is 0 Å². The molecule has 0 aliphatic heterocycles. The van der Waals surface area contributed by atoms with Gasteiger partial charge in [0.25, 0.3) is 0 Å². The summed E-state index contributed by atoms with van der Waals surface area (Å²) in [7, 11) is 0. The molecule has 4 aromatic rings. The van der Waals surface area contributed by atoms with Crippen molar-refractivity contribution in [3.8, 4) is 11.1 Å². The van der Waals surface area contributed by atoms with Crippen LogP contribution in [0.3, 0.4) is 0 Å². The van der Waals surface area contributed by atoms with Gasteiger partial charge in [0.2, 0.25) is 0 Å². The predicted molar refractivity (Wildman–Crippen MR) is 137 cm³/mol. The molecular formula is C25H20Cl4N2. The minimum absolute atomic E-state index is 0. The molecule has 0 saturated heterocycles. The van der Waals surface area contributed by atoms with E-state index in [1.54, 1.807) is 0 Å². The number of fused-ring (bicyclic) bond motifs is 3. The summed E-state index contributed by atoms with van der Waals surface area (Å²) in [5.74, 6) is 0. The van der Waals surface area contributed by atoms with Crippen molar-refractivity contribution >= 4 is 59.4 Å². The molecule has 158 valence electrons. The fraction of sp³-hybridized carbons (Fsp3) is 0.0400. The van der Waals surface area contributed by atoms with Crippen LogP contribution < -0.4 is 11.5 Å². The number of rotatable bonds is 2. The van der Waals surface area contributed by atoms with Crippen LogP contribution in [0.2, 0.25) is 10.0 Å². The molecule has 2 nitrogen and oxygen atoms in total. The number of hydrogen-bond donors (Lipinski definition) is 2. The third-order valence-electron chi connectivity index (χ3n) is 5.82. The Morgan fingerprint density at radius 3 is 1.32 bits per heavy atom. The fourth-order valence-corrected chi connectivity index (χ4v) is 4.91. The fourth-order valence-electron chi connectivity index (χ4n) is 4.54. The van der Waals surface area contributed by atoms with Gasteiger partial charge in [-0.2, -0.15) is 0 Å². The van der Waals surface area contributed by atoms with Crippen LogP contribution in [0.1, 0.15) is 22.3 Å². The summed E-state index contributed by atoms with van der Waals surface area (Å²) < 4.78 is 0. The van der Waals surface area contributed by atoms with E-state index in [0.29, 0.717) is 21.4 Å². The van der Waals surface area contributed by atoms with Crippen molar-refractivity contribution in [3.05, 3.63) is 117 Å². The molecule has 0 fully saturated rings. The second kappa shape index (κ2) is 8.64. The molecule has 0 heterocycles. The lowest BCUT2D eigenvalue weighted by Crippen LogP contribution is -2.28. The van der Waals surface area contributed by atoms with E-state index in [-0.39, 0.29) is 24.8 Å². The first kappa shape index (κ1) is 23.3. The minimum atomic E-state index is -0.568. The molecular weight excluding hydrogens is 470 g/mol. The molecule has 0 saturated carbocycles. The number of benzene rings is 4. The van der Waals surface area contributed by atoms with E-state index < -0.39 is 5.41 Å². The molecule has 0 bridgehead atoms. The summed E-state index contributed by atoms with van der Waals surface area (Å²) in [4.78, 5) is 0. The number of halogens is 4. The van der Waals surface area contributed by atoms with Crippen LogP contribution in [0, 0.1) is 0 Å². The minimum Gasteiger partial charge on any atom is -0.398 e. The van der Waals surface area contributed by atoms with Gasteiger partial charge >= 0.3 is 0 Å². The van der Waals surface area contributed by atoms with E-state index in [1.807, 2.05) is 36.4 Å². The predicted octanol–water partition coefficient (Wildman–Crippen LogP) is 7.36. The van der Waals surface area contributed by atoms with E-state index in [9.17, 15) is 0 Å². The Morgan fingerprint density at radius 2 is 0.935 bits per heavy atom. The quantitative estimate of drug-likeness (QED) is 0.254. The Bertz CT molecular complexity index is 1170. The van der Waals surface area contributed by atoms with Crippen molar-refractivity contribution < 1.29 is 0 Å². The summed E-state index contributed by atoms with van der Waals surface area (Å²) >= 11 is 13.0. The van der Waals surface area contributed by atoms with Crippen LogP contribution in [-0.2, 0) is 5.41 Å². The van der Waals surface area contributed by atoms with E-state index in [4.69, 9.17) is 34.7 Å². The Kier molecular flexibility index (Phi) is 6.50. The van der Waals surface area contributed by atoms with Gasteiger partial charge in [-0.25, -0.2) is 0 Å². The average Bonchev–Trinajstić information content (AvgIpc) is 3.04. The van der Waals surface area contributed by atoms with Gasteiger partial charge in [-0.3, -0.25) is 0 Å². The van der Waals surface area contributed by atoms with Gasteiger partial charge in [0.05, 0.1) is 26.8 Å². The number of anilines is 2. The topological polar surface area (TPSA) is 52.0 Å².